The van der Waals surface area contributed by atoms with Crippen molar-refractivity contribution in [2.45, 2.75) is 39.3 Å². The van der Waals surface area contributed by atoms with Gasteiger partial charge in [0, 0.05) is 0 Å². The van der Waals surface area contributed by atoms with E-state index in [2.05, 4.69) is 0 Å². The Labute approximate surface area is 78.4 Å². The summed E-state index contributed by atoms with van der Waals surface area (Å²) in [6.07, 6.45) is 1.53. The average molecular weight is 186 g/mol. The molecule has 0 aliphatic carbocycles. The van der Waals surface area contributed by atoms with E-state index < -0.39 is 18.1 Å². The van der Waals surface area contributed by atoms with Gasteiger partial charge in [-0.15, -0.1) is 0 Å². The van der Waals surface area contributed by atoms with Crippen molar-refractivity contribution in [1.29, 1.82) is 0 Å². The molecule has 0 fully saturated rings. The third-order valence-electron chi connectivity index (χ3n) is 1.99. The Morgan fingerprint density at radius 1 is 1.54 bits per heavy atom. The molecule has 3 atom stereocenters. The van der Waals surface area contributed by atoms with Crippen LogP contribution in [0.3, 0.4) is 0 Å². The fourth-order valence-electron chi connectivity index (χ4n) is 0.763. The summed E-state index contributed by atoms with van der Waals surface area (Å²) in [6.45, 7) is 5.25. The molecule has 75 valence electrons. The van der Waals surface area contributed by atoms with Gasteiger partial charge in [-0.2, -0.15) is 0 Å². The molecule has 1 radical (unpaired) electrons. The number of carbonyl (C=O) groups is 1. The van der Waals surface area contributed by atoms with Gasteiger partial charge in [0.05, 0.1) is 0 Å². The van der Waals surface area contributed by atoms with Crippen LogP contribution in [0.5, 0.6) is 0 Å². The molecule has 0 bridgehead atoms. The maximum absolute atomic E-state index is 11.2. The molecule has 0 spiro atoms. The Kier molecular flexibility index (Phi) is 5.30. The van der Waals surface area contributed by atoms with Crippen LogP contribution in [-0.2, 0) is 14.3 Å². The predicted octanol–water partition coefficient (Wildman–Crippen LogP) is 0.401. The van der Waals surface area contributed by atoms with Crippen LogP contribution in [0.4, 0.5) is 0 Å². The molecule has 0 heterocycles. The first-order valence-electron chi connectivity index (χ1n) is 4.36. The summed E-state index contributed by atoms with van der Waals surface area (Å²) < 4.78 is 4.70. The van der Waals surface area contributed by atoms with E-state index >= 15 is 0 Å². The number of hydrogen-bond acceptors (Lipinski definition) is 4. The molecule has 0 aliphatic rings. The second-order valence-corrected chi connectivity index (χ2v) is 3.11. The van der Waals surface area contributed by atoms with Gasteiger partial charge < -0.3 is 10.5 Å². The molecule has 4 heteroatoms. The molecule has 0 aromatic rings. The molecule has 4 nitrogen and oxygen atoms in total. The highest BCUT2D eigenvalue weighted by atomic mass is 16.5. The molecule has 0 rings (SSSR count). The molecule has 0 aliphatic heterocycles. The Hall–Kier alpha value is -0.900. The Morgan fingerprint density at radius 2 is 2.08 bits per heavy atom. The first-order chi connectivity index (χ1) is 6.02. The first kappa shape index (κ1) is 12.1. The quantitative estimate of drug-likeness (QED) is 0.631. The summed E-state index contributed by atoms with van der Waals surface area (Å²) in [4.78, 5) is 21.2. The van der Waals surface area contributed by atoms with Crippen molar-refractivity contribution in [3.05, 3.63) is 0 Å². The van der Waals surface area contributed by atoms with E-state index in [0.29, 0.717) is 0 Å². The Morgan fingerprint density at radius 3 is 2.46 bits per heavy atom. The van der Waals surface area contributed by atoms with Crippen LogP contribution in [0.1, 0.15) is 27.2 Å². The van der Waals surface area contributed by atoms with Gasteiger partial charge in [0.2, 0.25) is 6.29 Å². The SMILES string of the molecule is CCC(C)[C@H](N)C(=O)OC(C)[C]=O. The van der Waals surface area contributed by atoms with Gasteiger partial charge in [0.1, 0.15) is 6.04 Å². The number of rotatable bonds is 5. The molecule has 2 unspecified atom stereocenters. The topological polar surface area (TPSA) is 69.4 Å². The normalized spacial score (nSPS) is 17.2. The summed E-state index contributed by atoms with van der Waals surface area (Å²) in [7, 11) is 0. The second-order valence-electron chi connectivity index (χ2n) is 3.11. The average Bonchev–Trinajstić information content (AvgIpc) is 2.14. The molecular formula is C9H16NO3. The Balaban J connectivity index is 4.03. The summed E-state index contributed by atoms with van der Waals surface area (Å²) in [5, 5.41) is 0. The standard InChI is InChI=1S/C9H16NO3/c1-4-6(2)8(10)9(12)13-7(3)5-11/h6-8H,4,10H2,1-3H3/t6?,7?,8-/m0/s1. The van der Waals surface area contributed by atoms with E-state index in [1.165, 1.54) is 6.92 Å². The summed E-state index contributed by atoms with van der Waals surface area (Å²) >= 11 is 0. The van der Waals surface area contributed by atoms with Crippen LogP contribution < -0.4 is 5.73 Å². The van der Waals surface area contributed by atoms with E-state index in [9.17, 15) is 9.59 Å². The molecule has 2 N–H and O–H groups in total. The molecule has 0 saturated carbocycles. The van der Waals surface area contributed by atoms with Gasteiger partial charge in [-0.05, 0) is 12.8 Å². The van der Waals surface area contributed by atoms with Gasteiger partial charge in [0.15, 0.2) is 6.10 Å². The summed E-state index contributed by atoms with van der Waals surface area (Å²) in [6, 6.07) is -0.652. The van der Waals surface area contributed by atoms with Gasteiger partial charge in [-0.3, -0.25) is 9.59 Å². The highest BCUT2D eigenvalue weighted by Gasteiger charge is 2.22. The third-order valence-corrected chi connectivity index (χ3v) is 1.99. The van der Waals surface area contributed by atoms with Crippen LogP contribution in [0.15, 0.2) is 0 Å². The van der Waals surface area contributed by atoms with E-state index in [4.69, 9.17) is 10.5 Å². The first-order valence-corrected chi connectivity index (χ1v) is 4.36. The molecular weight excluding hydrogens is 170 g/mol. The predicted molar refractivity (Wildman–Crippen MR) is 48.7 cm³/mol. The number of carbonyl (C=O) groups excluding carboxylic acids is 2. The lowest BCUT2D eigenvalue weighted by molar-refractivity contribution is -0.148. The van der Waals surface area contributed by atoms with E-state index in [0.717, 1.165) is 6.42 Å². The van der Waals surface area contributed by atoms with E-state index in [1.807, 2.05) is 13.8 Å². The zero-order valence-electron chi connectivity index (χ0n) is 8.24. The largest absolute Gasteiger partial charge is 0.453 e. The second kappa shape index (κ2) is 5.70. The number of nitrogens with two attached hydrogens (primary N) is 1. The molecule has 0 aromatic carbocycles. The lowest BCUT2D eigenvalue weighted by Crippen LogP contribution is -2.39. The fourth-order valence-corrected chi connectivity index (χ4v) is 0.763. The maximum Gasteiger partial charge on any atom is 0.323 e. The zero-order valence-corrected chi connectivity index (χ0v) is 8.24. The van der Waals surface area contributed by atoms with Crippen LogP contribution in [0, 0.1) is 5.92 Å². The Bertz CT molecular complexity index is 182. The van der Waals surface area contributed by atoms with Crippen molar-refractivity contribution < 1.29 is 14.3 Å². The minimum absolute atomic E-state index is 0.0614. The smallest absolute Gasteiger partial charge is 0.323 e. The van der Waals surface area contributed by atoms with Crippen molar-refractivity contribution in [1.82, 2.24) is 0 Å². The highest BCUT2D eigenvalue weighted by Crippen LogP contribution is 2.07. The van der Waals surface area contributed by atoms with Gasteiger partial charge in [0.25, 0.3) is 0 Å². The molecule has 0 saturated heterocycles. The maximum atomic E-state index is 11.2. The van der Waals surface area contributed by atoms with Crippen LogP contribution in [0.2, 0.25) is 0 Å². The van der Waals surface area contributed by atoms with E-state index in [-0.39, 0.29) is 5.92 Å². The lowest BCUT2D eigenvalue weighted by Gasteiger charge is -2.17. The van der Waals surface area contributed by atoms with Gasteiger partial charge >= 0.3 is 5.97 Å². The monoisotopic (exact) mass is 186 g/mol. The van der Waals surface area contributed by atoms with Crippen molar-refractivity contribution in [2.24, 2.45) is 11.7 Å². The number of ether oxygens (including phenoxy) is 1. The minimum atomic E-state index is -0.831. The zero-order chi connectivity index (χ0) is 10.4. The summed E-state index contributed by atoms with van der Waals surface area (Å²) in [5.74, 6) is -0.475. The van der Waals surface area contributed by atoms with Crippen LogP contribution in [-0.4, -0.2) is 24.4 Å². The molecule has 0 aromatic heterocycles. The number of hydrogen-bond donors (Lipinski definition) is 1. The fraction of sp³-hybridized carbons (Fsp3) is 0.778. The van der Waals surface area contributed by atoms with Crippen molar-refractivity contribution in [2.75, 3.05) is 0 Å². The lowest BCUT2D eigenvalue weighted by atomic mass is 10.0. The third kappa shape index (κ3) is 4.03. The van der Waals surface area contributed by atoms with Crippen LogP contribution >= 0.6 is 0 Å². The number of esters is 1. The molecule has 13 heavy (non-hydrogen) atoms. The van der Waals surface area contributed by atoms with E-state index in [1.54, 1.807) is 6.29 Å². The molecule has 0 amide bonds. The van der Waals surface area contributed by atoms with Crippen molar-refractivity contribution in [3.8, 4) is 0 Å². The van der Waals surface area contributed by atoms with Crippen molar-refractivity contribution >= 4 is 12.3 Å². The van der Waals surface area contributed by atoms with Gasteiger partial charge in [-0.1, -0.05) is 20.3 Å². The van der Waals surface area contributed by atoms with Crippen LogP contribution in [0.25, 0.3) is 0 Å². The highest BCUT2D eigenvalue weighted by molar-refractivity contribution is 5.77. The summed E-state index contributed by atoms with van der Waals surface area (Å²) in [5.41, 5.74) is 5.57. The van der Waals surface area contributed by atoms with Crippen molar-refractivity contribution in [3.63, 3.8) is 0 Å². The minimum Gasteiger partial charge on any atom is -0.453 e. The van der Waals surface area contributed by atoms with Gasteiger partial charge in [-0.25, -0.2) is 0 Å².